The lowest BCUT2D eigenvalue weighted by Gasteiger charge is -2.17. The molecule has 0 aromatic carbocycles. The lowest BCUT2D eigenvalue weighted by atomic mass is 10.2. The van der Waals surface area contributed by atoms with Gasteiger partial charge in [-0.05, 0) is 0 Å². The summed E-state index contributed by atoms with van der Waals surface area (Å²) in [5.41, 5.74) is -0.556. The Kier molecular flexibility index (Phi) is 2.35. The number of hydrogen-bond acceptors (Lipinski definition) is 6. The summed E-state index contributed by atoms with van der Waals surface area (Å²) in [6, 6.07) is 0. The van der Waals surface area contributed by atoms with Crippen molar-refractivity contribution in [3.63, 3.8) is 0 Å². The third-order valence-corrected chi connectivity index (χ3v) is 3.72. The fourth-order valence-corrected chi connectivity index (χ4v) is 2.89. The molecule has 0 atom stereocenters. The van der Waals surface area contributed by atoms with Crippen LogP contribution >= 0.6 is 0 Å². The topological polar surface area (TPSA) is 111 Å². The van der Waals surface area contributed by atoms with Crippen LogP contribution in [0.2, 0.25) is 0 Å². The first-order valence-electron chi connectivity index (χ1n) is 4.45. The number of hydrogen-bond donors (Lipinski definition) is 2. The molecular formula is C8H9N3O5S. The Hall–Kier alpha value is -2.03. The quantitative estimate of drug-likeness (QED) is 0.633. The molecule has 0 unspecified atom stereocenters. The number of aliphatic hydroxyl groups excluding tert-OH is 1. The van der Waals surface area contributed by atoms with E-state index in [0.717, 1.165) is 18.0 Å². The largest absolute Gasteiger partial charge is 0.505 e. The first-order valence-corrected chi connectivity index (χ1v) is 5.93. The fourth-order valence-electron chi connectivity index (χ4n) is 1.51. The molecule has 2 N–H and O–H groups in total. The number of sulfonamides is 1. The van der Waals surface area contributed by atoms with Crippen LogP contribution in [-0.2, 0) is 26.6 Å². The van der Waals surface area contributed by atoms with Gasteiger partial charge in [0.25, 0.3) is 10.0 Å². The highest BCUT2D eigenvalue weighted by Crippen LogP contribution is 2.28. The van der Waals surface area contributed by atoms with Crippen molar-refractivity contribution < 1.29 is 23.1 Å². The maximum Gasteiger partial charge on any atom is 0.359 e. The van der Waals surface area contributed by atoms with E-state index >= 15 is 0 Å². The van der Waals surface area contributed by atoms with Gasteiger partial charge in [-0.2, -0.15) is 13.5 Å². The van der Waals surface area contributed by atoms with Crippen molar-refractivity contribution in [3.05, 3.63) is 17.5 Å². The van der Waals surface area contributed by atoms with E-state index in [1.807, 2.05) is 4.72 Å². The zero-order chi connectivity index (χ0) is 12.8. The van der Waals surface area contributed by atoms with Gasteiger partial charge in [-0.3, -0.25) is 9.40 Å². The summed E-state index contributed by atoms with van der Waals surface area (Å²) >= 11 is 0. The van der Waals surface area contributed by atoms with Crippen LogP contribution in [0.25, 0.3) is 5.76 Å². The number of ether oxygens (including phenoxy) is 1. The second-order valence-corrected chi connectivity index (χ2v) is 4.91. The van der Waals surface area contributed by atoms with E-state index in [-0.39, 0.29) is 10.6 Å². The van der Waals surface area contributed by atoms with Crippen molar-refractivity contribution in [1.29, 1.82) is 0 Å². The smallest absolute Gasteiger partial charge is 0.359 e. The average Bonchev–Trinajstić information content (AvgIpc) is 2.66. The molecule has 0 fully saturated rings. The third-order valence-electron chi connectivity index (χ3n) is 2.26. The van der Waals surface area contributed by atoms with Crippen molar-refractivity contribution in [2.24, 2.45) is 7.05 Å². The number of carbonyl (C=O) groups is 1. The highest BCUT2D eigenvalue weighted by molar-refractivity contribution is 7.89. The number of carbonyl (C=O) groups excluding carboxylic acids is 1. The number of aryl methyl sites for hydroxylation is 1. The highest BCUT2D eigenvalue weighted by Gasteiger charge is 2.36. The fraction of sp³-hybridized carbons (Fsp3) is 0.250. The molecule has 1 aromatic rings. The van der Waals surface area contributed by atoms with E-state index in [0.29, 0.717) is 0 Å². The summed E-state index contributed by atoms with van der Waals surface area (Å²) in [5, 5.41) is 13.3. The van der Waals surface area contributed by atoms with Gasteiger partial charge in [-0.15, -0.1) is 0 Å². The van der Waals surface area contributed by atoms with Crippen LogP contribution < -0.4 is 4.72 Å². The SMILES string of the molecule is COC(=O)C1=C(O)c2cnn(C)c2S(=O)(=O)N1. The number of aromatic nitrogens is 2. The van der Waals surface area contributed by atoms with Crippen molar-refractivity contribution in [2.75, 3.05) is 7.11 Å². The minimum Gasteiger partial charge on any atom is -0.505 e. The Morgan fingerprint density at radius 2 is 2.24 bits per heavy atom. The lowest BCUT2D eigenvalue weighted by Crippen LogP contribution is -2.34. The van der Waals surface area contributed by atoms with E-state index in [1.165, 1.54) is 7.05 Å². The third kappa shape index (κ3) is 1.55. The molecule has 0 saturated heterocycles. The first kappa shape index (κ1) is 11.5. The number of esters is 1. The summed E-state index contributed by atoms with van der Waals surface area (Å²) in [6.07, 6.45) is 1.16. The maximum atomic E-state index is 11.8. The van der Waals surface area contributed by atoms with Gasteiger partial charge in [0.05, 0.1) is 18.9 Å². The highest BCUT2D eigenvalue weighted by atomic mass is 32.2. The van der Waals surface area contributed by atoms with Crippen molar-refractivity contribution >= 4 is 21.8 Å². The lowest BCUT2D eigenvalue weighted by molar-refractivity contribution is -0.136. The molecule has 17 heavy (non-hydrogen) atoms. The molecule has 0 radical (unpaired) electrons. The van der Waals surface area contributed by atoms with Gasteiger partial charge < -0.3 is 9.84 Å². The minimum absolute atomic E-state index is 0.0355. The first-order chi connectivity index (χ1) is 7.88. The van der Waals surface area contributed by atoms with Crippen molar-refractivity contribution in [2.45, 2.75) is 5.03 Å². The van der Waals surface area contributed by atoms with Gasteiger partial charge in [-0.1, -0.05) is 0 Å². The Morgan fingerprint density at radius 3 is 2.82 bits per heavy atom. The normalized spacial score (nSPS) is 17.3. The molecule has 2 heterocycles. The molecule has 92 valence electrons. The molecule has 8 nitrogen and oxygen atoms in total. The monoisotopic (exact) mass is 259 g/mol. The van der Waals surface area contributed by atoms with Gasteiger partial charge in [0.15, 0.2) is 16.5 Å². The van der Waals surface area contributed by atoms with Gasteiger partial charge in [0.2, 0.25) is 0 Å². The summed E-state index contributed by atoms with van der Waals surface area (Å²) in [6.45, 7) is 0. The molecular weight excluding hydrogens is 250 g/mol. The second kappa shape index (κ2) is 3.48. The molecule has 0 aliphatic carbocycles. The predicted molar refractivity (Wildman–Crippen MR) is 55.1 cm³/mol. The summed E-state index contributed by atoms with van der Waals surface area (Å²) in [4.78, 5) is 11.3. The van der Waals surface area contributed by atoms with Gasteiger partial charge >= 0.3 is 5.97 Å². The number of fused-ring (bicyclic) bond motifs is 1. The molecule has 1 aliphatic rings. The maximum absolute atomic E-state index is 11.8. The van der Waals surface area contributed by atoms with Crippen LogP contribution in [0.5, 0.6) is 0 Å². The van der Waals surface area contributed by atoms with Crippen LogP contribution in [0.1, 0.15) is 5.56 Å². The van der Waals surface area contributed by atoms with Crippen LogP contribution in [0, 0.1) is 0 Å². The molecule has 1 aromatic heterocycles. The second-order valence-electron chi connectivity index (χ2n) is 3.31. The van der Waals surface area contributed by atoms with Crippen LogP contribution in [0.15, 0.2) is 16.9 Å². The zero-order valence-corrected chi connectivity index (χ0v) is 9.78. The Bertz CT molecular complexity index is 628. The number of nitrogens with one attached hydrogen (secondary N) is 1. The van der Waals surface area contributed by atoms with Gasteiger partial charge in [-0.25, -0.2) is 4.79 Å². The number of aliphatic hydroxyl groups is 1. The molecule has 0 bridgehead atoms. The molecule has 0 amide bonds. The molecule has 9 heteroatoms. The Morgan fingerprint density at radius 1 is 1.59 bits per heavy atom. The molecule has 2 rings (SSSR count). The van der Waals surface area contributed by atoms with Gasteiger partial charge in [0, 0.05) is 7.05 Å². The van der Waals surface area contributed by atoms with E-state index in [4.69, 9.17) is 0 Å². The van der Waals surface area contributed by atoms with E-state index < -0.39 is 27.4 Å². The van der Waals surface area contributed by atoms with Crippen molar-refractivity contribution in [3.8, 4) is 0 Å². The van der Waals surface area contributed by atoms with Gasteiger partial charge in [0.1, 0.15) is 0 Å². The van der Waals surface area contributed by atoms with E-state index in [1.54, 1.807) is 0 Å². The number of nitrogens with zero attached hydrogens (tertiary/aromatic N) is 2. The molecule has 0 saturated carbocycles. The average molecular weight is 259 g/mol. The Labute approximate surface area is 96.5 Å². The van der Waals surface area contributed by atoms with E-state index in [2.05, 4.69) is 9.84 Å². The zero-order valence-electron chi connectivity index (χ0n) is 8.96. The van der Waals surface area contributed by atoms with E-state index in [9.17, 15) is 18.3 Å². The van der Waals surface area contributed by atoms with Crippen LogP contribution in [0.3, 0.4) is 0 Å². The summed E-state index contributed by atoms with van der Waals surface area (Å²) < 4.78 is 31.0. The summed E-state index contributed by atoms with van der Waals surface area (Å²) in [7, 11) is -1.44. The number of methoxy groups -OCH3 is 1. The standard InChI is InChI=1S/C8H9N3O5S/c1-11-7-4(3-9-11)6(12)5(8(13)16-2)10-17(7,14)15/h3,10,12H,1-2H3. The molecule has 0 spiro atoms. The molecule has 1 aliphatic heterocycles. The van der Waals surface area contributed by atoms with Crippen molar-refractivity contribution in [1.82, 2.24) is 14.5 Å². The number of rotatable bonds is 1. The Balaban J connectivity index is 2.73. The minimum atomic E-state index is -3.93. The predicted octanol–water partition coefficient (Wildman–Crippen LogP) is -0.888. The summed E-state index contributed by atoms with van der Waals surface area (Å²) in [5.74, 6) is -1.48. The van der Waals surface area contributed by atoms with Crippen LogP contribution in [0.4, 0.5) is 0 Å². The van der Waals surface area contributed by atoms with Crippen LogP contribution in [-0.4, -0.2) is 36.4 Å².